The molecule has 0 aromatic heterocycles. The van der Waals surface area contributed by atoms with Gasteiger partial charge in [0.1, 0.15) is 11.8 Å². The van der Waals surface area contributed by atoms with Gasteiger partial charge in [-0.2, -0.15) is 5.43 Å². The molecule has 2 aliphatic rings. The number of β-lactam (4-membered cyclic amide) rings is 1. The molecule has 1 fully saturated rings. The van der Waals surface area contributed by atoms with Crippen molar-refractivity contribution in [2.45, 2.75) is 42.6 Å². The number of fused-ring (bicyclic) bond motifs is 1. The van der Waals surface area contributed by atoms with Crippen molar-refractivity contribution in [3.63, 3.8) is 0 Å². The Kier molecular flexibility index (Phi) is 11.9. The van der Waals surface area contributed by atoms with Crippen LogP contribution in [0.4, 0.5) is 5.69 Å². The van der Waals surface area contributed by atoms with Crippen molar-refractivity contribution in [2.75, 3.05) is 18.2 Å². The largest absolute Gasteiger partial charge is 0.506 e. The summed E-state index contributed by atoms with van der Waals surface area (Å²) in [7, 11) is 1.30. The van der Waals surface area contributed by atoms with Crippen LogP contribution >= 0.6 is 11.8 Å². The Bertz CT molecular complexity index is 2300. The maximum absolute atomic E-state index is 14.2. The van der Waals surface area contributed by atoms with Gasteiger partial charge in [-0.15, -0.1) is 4.59 Å². The van der Waals surface area contributed by atoms with Gasteiger partial charge in [0.2, 0.25) is 0 Å². The number of anilines is 1. The molecule has 2 aliphatic heterocycles. The van der Waals surface area contributed by atoms with Crippen LogP contribution in [0.2, 0.25) is 0 Å². The van der Waals surface area contributed by atoms with E-state index in [9.17, 15) is 29.1 Å². The average Bonchev–Trinajstić information content (AvgIpc) is 3.26. The molecule has 0 spiro atoms. The lowest BCUT2D eigenvalue weighted by molar-refractivity contribution is -0.887. The van der Waals surface area contributed by atoms with E-state index >= 15 is 0 Å². The van der Waals surface area contributed by atoms with Crippen LogP contribution < -0.4 is 10.7 Å². The highest BCUT2D eigenvalue weighted by molar-refractivity contribution is 8.00. The summed E-state index contributed by atoms with van der Waals surface area (Å²) in [5.41, 5.74) is 4.52. The summed E-state index contributed by atoms with van der Waals surface area (Å²) in [6, 6.07) is 43.0. The van der Waals surface area contributed by atoms with Crippen molar-refractivity contribution in [1.29, 1.82) is 0 Å². The number of ether oxygens (including phenoxy) is 2. The minimum Gasteiger partial charge on any atom is -0.506 e. The predicted molar refractivity (Wildman–Crippen MR) is 219 cm³/mol. The summed E-state index contributed by atoms with van der Waals surface area (Å²) in [4.78, 5) is 68.9. The van der Waals surface area contributed by atoms with E-state index < -0.39 is 45.2 Å². The molecule has 3 atom stereocenters. The Balaban J connectivity index is 1.14. The summed E-state index contributed by atoms with van der Waals surface area (Å²) in [5, 5.41) is 13.6. The zero-order chi connectivity index (χ0) is 40.7. The molecular formula is C46H42N3O8S+. The number of carbonyl (C=O) groups excluding carboxylic acids is 5. The summed E-state index contributed by atoms with van der Waals surface area (Å²) in [5.74, 6) is -3.15. The zero-order valence-corrected chi connectivity index (χ0v) is 32.5. The van der Waals surface area contributed by atoms with E-state index in [1.165, 1.54) is 18.9 Å². The lowest BCUT2D eigenvalue weighted by atomic mass is 9.71. The van der Waals surface area contributed by atoms with Gasteiger partial charge in [-0.05, 0) is 59.4 Å². The molecule has 1 saturated heterocycles. The summed E-state index contributed by atoms with van der Waals surface area (Å²) in [6.45, 7) is 0. The number of aliphatic hydroxyl groups is 1. The van der Waals surface area contributed by atoms with Crippen molar-refractivity contribution >= 4 is 47.1 Å². The van der Waals surface area contributed by atoms with Crippen LogP contribution in [0, 0.1) is 0 Å². The monoisotopic (exact) mass is 796 g/mol. The normalized spacial score (nSPS) is 18.2. The predicted octanol–water partition coefficient (Wildman–Crippen LogP) is 7.52. The lowest BCUT2D eigenvalue weighted by Crippen LogP contribution is -2.76. The molecule has 3 amide bonds. The minimum atomic E-state index is -1.40. The number of nitrogens with zero attached hydrogens (tertiary/aromatic N) is 1. The van der Waals surface area contributed by atoms with Crippen molar-refractivity contribution in [1.82, 2.24) is 5.43 Å². The van der Waals surface area contributed by atoms with Gasteiger partial charge >= 0.3 is 17.8 Å². The quantitative estimate of drug-likeness (QED) is 0.0590. The van der Waals surface area contributed by atoms with Crippen molar-refractivity contribution in [3.05, 3.63) is 185 Å². The molecule has 58 heavy (non-hydrogen) atoms. The number of aliphatic hydroxyl groups excluding tert-OH is 1. The van der Waals surface area contributed by atoms with Crippen molar-refractivity contribution < 1.29 is 43.1 Å². The van der Waals surface area contributed by atoms with Crippen molar-refractivity contribution in [2.24, 2.45) is 0 Å². The first kappa shape index (κ1) is 39.7. The molecule has 294 valence electrons. The van der Waals surface area contributed by atoms with Gasteiger partial charge < -0.3 is 19.9 Å². The fourth-order valence-electron chi connectivity index (χ4n) is 7.68. The van der Waals surface area contributed by atoms with Gasteiger partial charge in [0, 0.05) is 17.7 Å². The second kappa shape index (κ2) is 17.3. The number of hydrogen-bond acceptors (Lipinski definition) is 9. The minimum absolute atomic E-state index is 0.0587. The maximum atomic E-state index is 14.2. The first-order valence-corrected chi connectivity index (χ1v) is 19.9. The van der Waals surface area contributed by atoms with Gasteiger partial charge in [-0.25, -0.2) is 9.59 Å². The number of amides is 3. The van der Waals surface area contributed by atoms with E-state index in [0.29, 0.717) is 33.5 Å². The average molecular weight is 797 g/mol. The number of thioether (sulfide) groups is 1. The Labute approximate surface area is 340 Å². The Morgan fingerprint density at radius 1 is 0.810 bits per heavy atom. The zero-order valence-electron chi connectivity index (χ0n) is 31.7. The van der Waals surface area contributed by atoms with Gasteiger partial charge in [-0.3, -0.25) is 14.4 Å². The first-order valence-electron chi connectivity index (χ1n) is 18.9. The molecule has 0 saturated carbocycles. The molecule has 12 heteroatoms. The van der Waals surface area contributed by atoms with E-state index in [4.69, 9.17) is 9.47 Å². The summed E-state index contributed by atoms with van der Waals surface area (Å²) < 4.78 is 10.7. The highest BCUT2D eigenvalue weighted by Crippen LogP contribution is 2.47. The van der Waals surface area contributed by atoms with Crippen LogP contribution in [0.3, 0.4) is 0 Å². The second-order valence-corrected chi connectivity index (χ2v) is 15.2. The number of methoxy groups -OCH3 is 1. The Hall–Kier alpha value is -6.50. The maximum Gasteiger partial charge on any atom is 0.400 e. The van der Waals surface area contributed by atoms with Crippen molar-refractivity contribution in [3.8, 4) is 0 Å². The highest BCUT2D eigenvalue weighted by Gasteiger charge is 2.66. The molecule has 11 nitrogen and oxygen atoms in total. The van der Waals surface area contributed by atoms with Crippen LogP contribution in [-0.2, 0) is 34.1 Å². The molecule has 7 rings (SSSR count). The topological polar surface area (TPSA) is 148 Å². The van der Waals surface area contributed by atoms with Crippen LogP contribution in [0.5, 0.6) is 0 Å². The number of nitrogens with one attached hydrogen (secondary N) is 2. The third kappa shape index (κ3) is 7.76. The Morgan fingerprint density at radius 2 is 1.40 bits per heavy atom. The number of quaternary nitrogens is 1. The van der Waals surface area contributed by atoms with Gasteiger partial charge in [0.15, 0.2) is 17.2 Å². The van der Waals surface area contributed by atoms with Crippen LogP contribution in [0.1, 0.15) is 64.4 Å². The fourth-order valence-corrected chi connectivity index (χ4v) is 8.92. The standard InChI is InChI=1S/C46H41N3O8S/c1-56-45(55)46(34-22-12-5-13-23-34,35-24-14-25-36(28-35)47-43(53)33-20-10-4-11-21-33)27-15-26-38(51)48-49-39(52)29-40(49)58-30-37(50)41(49)44(54)57-42(31-16-6-2-7-17-31)32-18-8-3-9-19-32/h2-14,16-25,28,40,42H,15,26-27,29-30H2,1H3,(H2-,47,48,50,51,53,54)/p+1/t40-,46?,49?/m0/s1. The van der Waals surface area contributed by atoms with Gasteiger partial charge in [0.25, 0.3) is 17.5 Å². The lowest BCUT2D eigenvalue weighted by Gasteiger charge is -2.48. The molecule has 2 heterocycles. The number of esters is 2. The number of hydrogen-bond donors (Lipinski definition) is 3. The third-order valence-corrected chi connectivity index (χ3v) is 11.9. The third-order valence-electron chi connectivity index (χ3n) is 10.5. The Morgan fingerprint density at radius 3 is 2.00 bits per heavy atom. The van der Waals surface area contributed by atoms with Crippen LogP contribution in [-0.4, -0.2) is 57.6 Å². The highest BCUT2D eigenvalue weighted by atomic mass is 32.2. The smallest absolute Gasteiger partial charge is 0.400 e. The number of rotatable bonds is 14. The molecule has 5 aromatic rings. The van der Waals surface area contributed by atoms with Gasteiger partial charge in [0.05, 0.1) is 12.9 Å². The summed E-state index contributed by atoms with van der Waals surface area (Å²) in [6.07, 6.45) is -0.690. The molecule has 5 aromatic carbocycles. The van der Waals surface area contributed by atoms with Crippen LogP contribution in [0.25, 0.3) is 0 Å². The van der Waals surface area contributed by atoms with E-state index in [1.807, 2.05) is 84.9 Å². The SMILES string of the molecule is COC(=O)C(CCCC(=O)N[N+]12C(=O)C[C@@H]1SCC(O)=C2C(=O)OC(c1ccccc1)c1ccccc1)(c1ccccc1)c1cccc(NC(=O)c2ccccc2)c1. The molecular weight excluding hydrogens is 755 g/mol. The molecule has 3 N–H and O–H groups in total. The van der Waals surface area contributed by atoms with E-state index in [0.717, 1.165) is 0 Å². The fraction of sp³-hybridized carbons (Fsp3) is 0.196. The van der Waals surface area contributed by atoms with E-state index in [2.05, 4.69) is 10.7 Å². The van der Waals surface area contributed by atoms with Gasteiger partial charge in [-0.1, -0.05) is 133 Å². The molecule has 2 unspecified atom stereocenters. The molecule has 0 aliphatic carbocycles. The second-order valence-electron chi connectivity index (χ2n) is 14.0. The number of benzene rings is 5. The molecule has 0 bridgehead atoms. The van der Waals surface area contributed by atoms with E-state index in [1.54, 1.807) is 60.7 Å². The molecule has 0 radical (unpaired) electrons. The number of carbonyl (C=O) groups is 5. The van der Waals surface area contributed by atoms with E-state index in [-0.39, 0.29) is 48.8 Å². The summed E-state index contributed by atoms with van der Waals surface area (Å²) >= 11 is 1.26. The van der Waals surface area contributed by atoms with Crippen LogP contribution in [0.15, 0.2) is 157 Å². The first-order chi connectivity index (χ1) is 28.2.